The number of aryl methyl sites for hydroxylation is 1. The average molecular weight is 500 g/mol. The minimum Gasteiger partial charge on any atom is -0.351 e. The van der Waals surface area contributed by atoms with Gasteiger partial charge >= 0.3 is 5.69 Å². The van der Waals surface area contributed by atoms with E-state index in [4.69, 9.17) is 4.74 Å². The SMILES string of the molecule is Cc1cn([C@H]2C[C@H](N3C(=O)c4ccccc4C3=O)[C@@H](CN3C(=O)c4ccccc4C3=O)O2)c(=O)[nH]c1=O. The van der Waals surface area contributed by atoms with Crippen molar-refractivity contribution in [1.29, 1.82) is 0 Å². The third-order valence-corrected chi connectivity index (χ3v) is 7.06. The van der Waals surface area contributed by atoms with E-state index >= 15 is 0 Å². The molecule has 3 aromatic rings. The van der Waals surface area contributed by atoms with Gasteiger partial charge in [0, 0.05) is 18.2 Å². The number of aromatic nitrogens is 2. The molecule has 11 nitrogen and oxygen atoms in total. The molecule has 0 bridgehead atoms. The lowest BCUT2D eigenvalue weighted by Crippen LogP contribution is -2.49. The molecule has 0 aliphatic carbocycles. The standard InChI is InChI=1S/C26H20N4O7/c1-13-11-28(26(36)27-21(13)31)20-10-18(30-24(34)16-8-4-5-9-17(16)25(30)35)19(37-20)12-29-22(32)14-6-2-3-7-15(14)23(29)33/h2-9,11,18-20H,10,12H2,1H3,(H,27,31,36)/t18-,19+,20+/m0/s1. The first-order valence-electron chi connectivity index (χ1n) is 11.7. The quantitative estimate of drug-likeness (QED) is 0.529. The number of carbonyl (C=O) groups is 4. The van der Waals surface area contributed by atoms with Crippen LogP contribution in [0.25, 0.3) is 0 Å². The Bertz CT molecular complexity index is 1570. The predicted octanol–water partition coefficient (Wildman–Crippen LogP) is 1.09. The van der Waals surface area contributed by atoms with Gasteiger partial charge in [-0.3, -0.25) is 43.3 Å². The Morgan fingerprint density at radius 2 is 1.32 bits per heavy atom. The van der Waals surface area contributed by atoms with Gasteiger partial charge in [-0.2, -0.15) is 0 Å². The molecule has 1 saturated heterocycles. The molecule has 4 amide bonds. The van der Waals surface area contributed by atoms with Gasteiger partial charge in [0.15, 0.2) is 0 Å². The van der Waals surface area contributed by atoms with E-state index in [-0.39, 0.29) is 40.8 Å². The van der Waals surface area contributed by atoms with E-state index < -0.39 is 53.3 Å². The van der Waals surface area contributed by atoms with Crippen molar-refractivity contribution < 1.29 is 23.9 Å². The van der Waals surface area contributed by atoms with Crippen LogP contribution in [-0.2, 0) is 4.74 Å². The van der Waals surface area contributed by atoms with Gasteiger partial charge in [0.1, 0.15) is 6.23 Å². The zero-order chi connectivity index (χ0) is 26.0. The van der Waals surface area contributed by atoms with Crippen LogP contribution in [0.1, 0.15) is 59.6 Å². The molecule has 37 heavy (non-hydrogen) atoms. The number of benzene rings is 2. The topological polar surface area (TPSA) is 139 Å². The second-order valence-corrected chi connectivity index (χ2v) is 9.20. The molecule has 6 rings (SSSR count). The highest BCUT2D eigenvalue weighted by molar-refractivity contribution is 6.22. The molecular formula is C26H20N4O7. The second-order valence-electron chi connectivity index (χ2n) is 9.20. The van der Waals surface area contributed by atoms with E-state index in [1.54, 1.807) is 48.5 Å². The van der Waals surface area contributed by atoms with Crippen LogP contribution in [0.3, 0.4) is 0 Å². The highest BCUT2D eigenvalue weighted by Crippen LogP contribution is 2.37. The molecule has 11 heteroatoms. The first-order chi connectivity index (χ1) is 17.8. The molecule has 3 aliphatic heterocycles. The number of amides is 4. The van der Waals surface area contributed by atoms with E-state index in [0.29, 0.717) is 0 Å². The summed E-state index contributed by atoms with van der Waals surface area (Å²) in [5.41, 5.74) is 0.00432. The summed E-state index contributed by atoms with van der Waals surface area (Å²) in [6.45, 7) is 1.29. The number of fused-ring (bicyclic) bond motifs is 2. The van der Waals surface area contributed by atoms with Crippen molar-refractivity contribution in [1.82, 2.24) is 19.4 Å². The van der Waals surface area contributed by atoms with E-state index in [1.165, 1.54) is 17.7 Å². The Balaban J connectivity index is 1.38. The van der Waals surface area contributed by atoms with Gasteiger partial charge in [0.25, 0.3) is 29.2 Å². The van der Waals surface area contributed by atoms with Gasteiger partial charge in [-0.15, -0.1) is 0 Å². The third kappa shape index (κ3) is 3.39. The summed E-state index contributed by atoms with van der Waals surface area (Å²) >= 11 is 0. The minimum absolute atomic E-state index is 0.0185. The van der Waals surface area contributed by atoms with Gasteiger partial charge in [0.2, 0.25) is 0 Å². The normalized spacial score (nSPS) is 22.7. The van der Waals surface area contributed by atoms with Crippen molar-refractivity contribution in [3.63, 3.8) is 0 Å². The van der Waals surface area contributed by atoms with Crippen LogP contribution in [-0.4, -0.2) is 61.7 Å². The van der Waals surface area contributed by atoms with Crippen LogP contribution in [0.5, 0.6) is 0 Å². The Kier molecular flexibility index (Phi) is 5.06. The van der Waals surface area contributed by atoms with E-state index in [0.717, 1.165) is 9.80 Å². The maximum Gasteiger partial charge on any atom is 0.330 e. The fourth-order valence-electron chi connectivity index (χ4n) is 5.22. The van der Waals surface area contributed by atoms with E-state index in [1.807, 2.05) is 0 Å². The zero-order valence-corrected chi connectivity index (χ0v) is 19.5. The van der Waals surface area contributed by atoms with Crippen LogP contribution < -0.4 is 11.2 Å². The molecule has 0 saturated carbocycles. The van der Waals surface area contributed by atoms with Crippen LogP contribution >= 0.6 is 0 Å². The Morgan fingerprint density at radius 1 is 0.811 bits per heavy atom. The summed E-state index contributed by atoms with van der Waals surface area (Å²) in [7, 11) is 0. The lowest BCUT2D eigenvalue weighted by molar-refractivity contribution is -0.0210. The molecule has 3 atom stereocenters. The fraction of sp³-hybridized carbons (Fsp3) is 0.231. The third-order valence-electron chi connectivity index (χ3n) is 7.06. The molecule has 4 heterocycles. The Morgan fingerprint density at radius 3 is 1.86 bits per heavy atom. The van der Waals surface area contributed by atoms with Crippen LogP contribution in [0.2, 0.25) is 0 Å². The van der Waals surface area contributed by atoms with Crippen molar-refractivity contribution in [2.45, 2.75) is 31.7 Å². The lowest BCUT2D eigenvalue weighted by Gasteiger charge is -2.28. The molecule has 1 N–H and O–H groups in total. The highest BCUT2D eigenvalue weighted by Gasteiger charge is 2.50. The first-order valence-corrected chi connectivity index (χ1v) is 11.7. The van der Waals surface area contributed by atoms with E-state index in [9.17, 15) is 28.8 Å². The van der Waals surface area contributed by atoms with Crippen molar-refractivity contribution >= 4 is 23.6 Å². The summed E-state index contributed by atoms with van der Waals surface area (Å²) in [6, 6.07) is 11.9. The van der Waals surface area contributed by atoms with Gasteiger partial charge in [-0.1, -0.05) is 24.3 Å². The molecule has 1 aromatic heterocycles. The van der Waals surface area contributed by atoms with Gasteiger partial charge in [-0.05, 0) is 31.2 Å². The van der Waals surface area contributed by atoms with Crippen molar-refractivity contribution in [2.75, 3.05) is 6.54 Å². The molecule has 1 fully saturated rings. The number of rotatable bonds is 4. The number of H-pyrrole nitrogens is 1. The van der Waals surface area contributed by atoms with Gasteiger partial charge in [-0.25, -0.2) is 4.79 Å². The molecular weight excluding hydrogens is 480 g/mol. The number of hydrogen-bond donors (Lipinski definition) is 1. The smallest absolute Gasteiger partial charge is 0.330 e. The molecule has 0 unspecified atom stereocenters. The average Bonchev–Trinajstić information content (AvgIpc) is 3.49. The van der Waals surface area contributed by atoms with E-state index in [2.05, 4.69) is 4.98 Å². The van der Waals surface area contributed by atoms with Crippen LogP contribution in [0, 0.1) is 6.92 Å². The number of imide groups is 2. The van der Waals surface area contributed by atoms with Crippen LogP contribution in [0.4, 0.5) is 0 Å². The number of ether oxygens (including phenoxy) is 1. The van der Waals surface area contributed by atoms with Gasteiger partial charge in [0.05, 0.1) is 40.9 Å². The predicted molar refractivity (Wildman–Crippen MR) is 127 cm³/mol. The minimum atomic E-state index is -0.978. The van der Waals surface area contributed by atoms with Crippen molar-refractivity contribution in [2.24, 2.45) is 0 Å². The molecule has 0 spiro atoms. The number of nitrogens with one attached hydrogen (secondary N) is 1. The molecule has 186 valence electrons. The lowest BCUT2D eigenvalue weighted by atomic mass is 10.1. The summed E-state index contributed by atoms with van der Waals surface area (Å²) in [5.74, 6) is -2.06. The number of carbonyl (C=O) groups excluding carboxylic acids is 4. The number of nitrogens with zero attached hydrogens (tertiary/aromatic N) is 3. The Labute approximate surface area is 208 Å². The van der Waals surface area contributed by atoms with Gasteiger partial charge < -0.3 is 4.74 Å². The summed E-state index contributed by atoms with van der Waals surface area (Å²) < 4.78 is 7.33. The van der Waals surface area contributed by atoms with Crippen molar-refractivity contribution in [3.05, 3.63) is 103 Å². The monoisotopic (exact) mass is 500 g/mol. The largest absolute Gasteiger partial charge is 0.351 e. The first kappa shape index (κ1) is 22.8. The van der Waals surface area contributed by atoms with Crippen molar-refractivity contribution in [3.8, 4) is 0 Å². The summed E-state index contributed by atoms with van der Waals surface area (Å²) in [6.07, 6.45) is -0.577. The Hall–Kier alpha value is -4.64. The maximum absolute atomic E-state index is 13.3. The zero-order valence-electron chi connectivity index (χ0n) is 19.5. The number of hydrogen-bond acceptors (Lipinski definition) is 7. The maximum atomic E-state index is 13.3. The molecule has 0 radical (unpaired) electrons. The summed E-state index contributed by atoms with van der Waals surface area (Å²) in [4.78, 5) is 81.4. The highest BCUT2D eigenvalue weighted by atomic mass is 16.5. The van der Waals surface area contributed by atoms with Crippen LogP contribution in [0.15, 0.2) is 64.3 Å². The fourth-order valence-corrected chi connectivity index (χ4v) is 5.22. The molecule has 3 aliphatic rings. The summed E-state index contributed by atoms with van der Waals surface area (Å²) in [5, 5.41) is 0. The molecule has 2 aromatic carbocycles. The number of aromatic amines is 1. The second kappa shape index (κ2) is 8.20.